The van der Waals surface area contributed by atoms with Gasteiger partial charge in [0.15, 0.2) is 5.78 Å². The third-order valence-electron chi connectivity index (χ3n) is 3.43. The number of methoxy groups -OCH3 is 1. The smallest absolute Gasteiger partial charge is 0.189 e. The predicted octanol–water partition coefficient (Wildman–Crippen LogP) is 4.84. The van der Waals surface area contributed by atoms with E-state index in [0.717, 1.165) is 26.4 Å². The average molecular weight is 391 g/mol. The highest BCUT2D eigenvalue weighted by Crippen LogP contribution is 2.38. The van der Waals surface area contributed by atoms with Crippen LogP contribution in [0, 0.1) is 0 Å². The Kier molecular flexibility index (Phi) is 5.08. The maximum absolute atomic E-state index is 12.5. The molecule has 0 saturated carbocycles. The summed E-state index contributed by atoms with van der Waals surface area (Å²) in [6.07, 6.45) is 3.37. The molecule has 3 nitrogen and oxygen atoms in total. The molecule has 2 aromatic carbocycles. The first-order valence-electron chi connectivity index (χ1n) is 7.13. The van der Waals surface area contributed by atoms with Crippen LogP contribution in [-0.4, -0.2) is 25.3 Å². The van der Waals surface area contributed by atoms with Crippen LogP contribution in [0.2, 0.25) is 0 Å². The molecule has 1 aliphatic rings. The van der Waals surface area contributed by atoms with Crippen molar-refractivity contribution >= 4 is 39.6 Å². The molecule has 3 rings (SSSR count). The number of hydrogen-bond acceptors (Lipinski definition) is 4. The molecule has 0 atom stereocenters. The highest BCUT2D eigenvalue weighted by atomic mass is 79.9. The summed E-state index contributed by atoms with van der Waals surface area (Å²) in [4.78, 5) is 13.5. The van der Waals surface area contributed by atoms with Gasteiger partial charge in [-0.2, -0.15) is 0 Å². The van der Waals surface area contributed by atoms with Crippen molar-refractivity contribution in [3.63, 3.8) is 0 Å². The second kappa shape index (κ2) is 7.23. The molecule has 0 aromatic heterocycles. The number of ketones is 1. The number of fused-ring (bicyclic) bond motifs is 1. The van der Waals surface area contributed by atoms with E-state index in [1.807, 2.05) is 30.3 Å². The molecule has 23 heavy (non-hydrogen) atoms. The molecular formula is C18H15BrO3S. The van der Waals surface area contributed by atoms with E-state index in [9.17, 15) is 4.79 Å². The van der Waals surface area contributed by atoms with Gasteiger partial charge in [0.2, 0.25) is 0 Å². The molecule has 0 saturated heterocycles. The first kappa shape index (κ1) is 16.1. The number of carbonyl (C=O) groups is 1. The number of rotatable bonds is 4. The van der Waals surface area contributed by atoms with Crippen molar-refractivity contribution in [3.05, 3.63) is 58.1 Å². The Morgan fingerprint density at radius 3 is 2.83 bits per heavy atom. The standard InChI is InChI=1S/C18H15BrO3S/c1-21-16-11-17-18(23-9-8-22-17)10-14(16)15(20)7-4-12-2-5-13(19)6-3-12/h2-7,10-11H,8-9H2,1H3. The van der Waals surface area contributed by atoms with Crippen molar-refractivity contribution in [3.8, 4) is 11.5 Å². The largest absolute Gasteiger partial charge is 0.496 e. The monoisotopic (exact) mass is 390 g/mol. The molecule has 5 heteroatoms. The number of thioether (sulfide) groups is 1. The van der Waals surface area contributed by atoms with Crippen LogP contribution >= 0.6 is 27.7 Å². The van der Waals surface area contributed by atoms with E-state index in [4.69, 9.17) is 9.47 Å². The summed E-state index contributed by atoms with van der Waals surface area (Å²) in [5, 5.41) is 0. The zero-order valence-corrected chi connectivity index (χ0v) is 14.9. The van der Waals surface area contributed by atoms with E-state index >= 15 is 0 Å². The Morgan fingerprint density at radius 2 is 2.09 bits per heavy atom. The fourth-order valence-corrected chi connectivity index (χ4v) is 3.38. The number of hydrogen-bond donors (Lipinski definition) is 0. The summed E-state index contributed by atoms with van der Waals surface area (Å²) in [7, 11) is 1.56. The highest BCUT2D eigenvalue weighted by Gasteiger charge is 2.18. The molecule has 2 aromatic rings. The van der Waals surface area contributed by atoms with Crippen molar-refractivity contribution in [1.29, 1.82) is 0 Å². The molecular weight excluding hydrogens is 376 g/mol. The molecule has 1 aliphatic heterocycles. The Balaban J connectivity index is 1.87. The zero-order chi connectivity index (χ0) is 16.2. The normalized spacial score (nSPS) is 13.5. The van der Waals surface area contributed by atoms with Gasteiger partial charge in [0.25, 0.3) is 0 Å². The van der Waals surface area contributed by atoms with Crippen molar-refractivity contribution in [1.82, 2.24) is 0 Å². The van der Waals surface area contributed by atoms with E-state index in [-0.39, 0.29) is 5.78 Å². The van der Waals surface area contributed by atoms with Gasteiger partial charge < -0.3 is 9.47 Å². The summed E-state index contributed by atoms with van der Waals surface area (Å²) in [6, 6.07) is 11.4. The summed E-state index contributed by atoms with van der Waals surface area (Å²) >= 11 is 5.09. The third kappa shape index (κ3) is 3.79. The lowest BCUT2D eigenvalue weighted by molar-refractivity contribution is 0.104. The topological polar surface area (TPSA) is 35.5 Å². The summed E-state index contributed by atoms with van der Waals surface area (Å²) < 4.78 is 12.0. The van der Waals surface area contributed by atoms with E-state index in [2.05, 4.69) is 15.9 Å². The second-order valence-electron chi connectivity index (χ2n) is 4.95. The minimum absolute atomic E-state index is 0.0845. The van der Waals surface area contributed by atoms with E-state index in [1.54, 1.807) is 37.1 Å². The number of carbonyl (C=O) groups excluding carboxylic acids is 1. The van der Waals surface area contributed by atoms with E-state index in [1.165, 1.54) is 0 Å². The molecule has 0 aliphatic carbocycles. The van der Waals surface area contributed by atoms with Gasteiger partial charge in [-0.15, -0.1) is 11.8 Å². The Labute approximate surface area is 147 Å². The van der Waals surface area contributed by atoms with E-state index in [0.29, 0.717) is 17.9 Å². The Morgan fingerprint density at radius 1 is 1.30 bits per heavy atom. The molecule has 0 amide bonds. The minimum atomic E-state index is -0.0845. The van der Waals surface area contributed by atoms with Crippen LogP contribution in [0.1, 0.15) is 15.9 Å². The maximum atomic E-state index is 12.5. The fraction of sp³-hybridized carbons (Fsp3) is 0.167. The van der Waals surface area contributed by atoms with Gasteiger partial charge in [0.05, 0.1) is 24.2 Å². The summed E-state index contributed by atoms with van der Waals surface area (Å²) in [5.74, 6) is 2.13. The molecule has 0 spiro atoms. The lowest BCUT2D eigenvalue weighted by Gasteiger charge is -2.18. The van der Waals surface area contributed by atoms with Crippen molar-refractivity contribution in [2.24, 2.45) is 0 Å². The van der Waals surface area contributed by atoms with Gasteiger partial charge in [0.1, 0.15) is 11.5 Å². The SMILES string of the molecule is COc1cc2c(cc1C(=O)C=Cc1ccc(Br)cc1)SCCO2. The second-order valence-corrected chi connectivity index (χ2v) is 7.00. The number of halogens is 1. The zero-order valence-electron chi connectivity index (χ0n) is 12.5. The quantitative estimate of drug-likeness (QED) is 0.552. The van der Waals surface area contributed by atoms with Gasteiger partial charge in [-0.25, -0.2) is 0 Å². The summed E-state index contributed by atoms with van der Waals surface area (Å²) in [6.45, 7) is 0.678. The van der Waals surface area contributed by atoms with Crippen LogP contribution < -0.4 is 9.47 Å². The Bertz CT molecular complexity index is 754. The number of benzene rings is 2. The van der Waals surface area contributed by atoms with Gasteiger partial charge in [-0.1, -0.05) is 34.1 Å². The van der Waals surface area contributed by atoms with Crippen molar-refractivity contribution < 1.29 is 14.3 Å². The van der Waals surface area contributed by atoms with Gasteiger partial charge in [-0.3, -0.25) is 4.79 Å². The van der Waals surface area contributed by atoms with Crippen molar-refractivity contribution in [2.75, 3.05) is 19.5 Å². The van der Waals surface area contributed by atoms with Crippen LogP contribution in [0.5, 0.6) is 11.5 Å². The molecule has 1 heterocycles. The summed E-state index contributed by atoms with van der Waals surface area (Å²) in [5.41, 5.74) is 1.52. The van der Waals surface area contributed by atoms with Gasteiger partial charge in [-0.05, 0) is 29.8 Å². The highest BCUT2D eigenvalue weighted by molar-refractivity contribution is 9.10. The van der Waals surface area contributed by atoms with Crippen LogP contribution in [-0.2, 0) is 0 Å². The number of allylic oxidation sites excluding steroid dienone is 1. The molecule has 0 fully saturated rings. The van der Waals surface area contributed by atoms with Gasteiger partial charge in [0, 0.05) is 16.3 Å². The van der Waals surface area contributed by atoms with E-state index < -0.39 is 0 Å². The molecule has 0 bridgehead atoms. The van der Waals surface area contributed by atoms with Gasteiger partial charge >= 0.3 is 0 Å². The first-order valence-corrected chi connectivity index (χ1v) is 8.91. The minimum Gasteiger partial charge on any atom is -0.496 e. The van der Waals surface area contributed by atoms with Crippen LogP contribution in [0.15, 0.2) is 51.8 Å². The van der Waals surface area contributed by atoms with Crippen LogP contribution in [0.4, 0.5) is 0 Å². The van der Waals surface area contributed by atoms with Crippen LogP contribution in [0.3, 0.4) is 0 Å². The fourth-order valence-electron chi connectivity index (χ4n) is 2.27. The molecule has 0 unspecified atom stereocenters. The average Bonchev–Trinajstić information content (AvgIpc) is 2.59. The lowest BCUT2D eigenvalue weighted by atomic mass is 10.1. The molecule has 0 radical (unpaired) electrons. The number of ether oxygens (including phenoxy) is 2. The Hall–Kier alpha value is -1.72. The lowest BCUT2D eigenvalue weighted by Crippen LogP contribution is -2.08. The maximum Gasteiger partial charge on any atom is 0.189 e. The third-order valence-corrected chi connectivity index (χ3v) is 4.96. The molecule has 0 N–H and O–H groups in total. The predicted molar refractivity (Wildman–Crippen MR) is 96.7 cm³/mol. The first-order chi connectivity index (χ1) is 11.2. The van der Waals surface area contributed by atoms with Crippen molar-refractivity contribution in [2.45, 2.75) is 4.90 Å². The molecule has 118 valence electrons. The van der Waals surface area contributed by atoms with Crippen LogP contribution in [0.25, 0.3) is 6.08 Å².